The third-order valence-corrected chi connectivity index (χ3v) is 7.71. The molecule has 3 heterocycles. The second-order valence-corrected chi connectivity index (χ2v) is 10.2. The van der Waals surface area contributed by atoms with Crippen LogP contribution in [0.2, 0.25) is 0 Å². The first-order valence-electron chi connectivity index (χ1n) is 10.8. The number of amides is 2. The van der Waals surface area contributed by atoms with Crippen LogP contribution in [0, 0.1) is 12.7 Å². The SMILES string of the molecule is Cc1ccc(NC(=O)C[C@@H]2SC(N3N=C(c4cccs4)C[C@H]3c3ccccc3)=NC2=O)cc1F. The summed E-state index contributed by atoms with van der Waals surface area (Å²) >= 11 is 2.87. The summed E-state index contributed by atoms with van der Waals surface area (Å²) in [4.78, 5) is 30.5. The van der Waals surface area contributed by atoms with E-state index in [4.69, 9.17) is 5.10 Å². The summed E-state index contributed by atoms with van der Waals surface area (Å²) in [5, 5.41) is 11.1. The van der Waals surface area contributed by atoms with Gasteiger partial charge in [0.2, 0.25) is 5.91 Å². The van der Waals surface area contributed by atoms with Gasteiger partial charge in [-0.2, -0.15) is 10.1 Å². The molecule has 0 saturated carbocycles. The molecule has 172 valence electrons. The van der Waals surface area contributed by atoms with Crippen LogP contribution in [-0.4, -0.2) is 33.0 Å². The van der Waals surface area contributed by atoms with Gasteiger partial charge in [-0.05, 0) is 41.6 Å². The van der Waals surface area contributed by atoms with E-state index in [0.717, 1.165) is 16.2 Å². The summed E-state index contributed by atoms with van der Waals surface area (Å²) in [5.74, 6) is -1.12. The van der Waals surface area contributed by atoms with Crippen LogP contribution in [0.3, 0.4) is 0 Å². The number of aryl methyl sites for hydroxylation is 1. The van der Waals surface area contributed by atoms with Gasteiger partial charge in [-0.3, -0.25) is 9.59 Å². The third-order valence-electron chi connectivity index (χ3n) is 5.65. The molecule has 0 bridgehead atoms. The highest BCUT2D eigenvalue weighted by Gasteiger charge is 2.39. The largest absolute Gasteiger partial charge is 0.326 e. The lowest BCUT2D eigenvalue weighted by atomic mass is 10.0. The van der Waals surface area contributed by atoms with Gasteiger partial charge in [-0.1, -0.05) is 54.2 Å². The third kappa shape index (κ3) is 4.67. The Labute approximate surface area is 204 Å². The Hall–Kier alpha value is -3.30. The van der Waals surface area contributed by atoms with Crippen molar-refractivity contribution in [2.75, 3.05) is 5.32 Å². The fourth-order valence-corrected chi connectivity index (χ4v) is 5.65. The highest BCUT2D eigenvalue weighted by Crippen LogP contribution is 2.39. The Kier molecular flexibility index (Phi) is 6.30. The Morgan fingerprint density at radius 2 is 2.00 bits per heavy atom. The van der Waals surface area contributed by atoms with E-state index in [0.29, 0.717) is 22.8 Å². The number of hydrazone groups is 1. The maximum Gasteiger partial charge on any atom is 0.262 e. The summed E-state index contributed by atoms with van der Waals surface area (Å²) in [5.41, 5.74) is 2.88. The summed E-state index contributed by atoms with van der Waals surface area (Å²) in [6.07, 6.45) is 0.639. The van der Waals surface area contributed by atoms with E-state index < -0.39 is 11.1 Å². The van der Waals surface area contributed by atoms with Gasteiger partial charge in [0.1, 0.15) is 11.1 Å². The van der Waals surface area contributed by atoms with E-state index in [1.807, 2.05) is 47.8 Å². The first-order valence-corrected chi connectivity index (χ1v) is 12.5. The maximum absolute atomic E-state index is 13.8. The first kappa shape index (κ1) is 22.5. The molecular formula is C25H21FN4O2S2. The molecule has 0 spiro atoms. The number of thioether (sulfide) groups is 1. The quantitative estimate of drug-likeness (QED) is 0.519. The van der Waals surface area contributed by atoms with Crippen LogP contribution in [-0.2, 0) is 9.59 Å². The van der Waals surface area contributed by atoms with E-state index in [1.165, 1.54) is 17.8 Å². The van der Waals surface area contributed by atoms with Crippen LogP contribution in [0.15, 0.2) is 76.1 Å². The van der Waals surface area contributed by atoms with Gasteiger partial charge in [0.25, 0.3) is 5.91 Å². The summed E-state index contributed by atoms with van der Waals surface area (Å²) < 4.78 is 13.8. The molecule has 6 nitrogen and oxygen atoms in total. The van der Waals surface area contributed by atoms with Crippen molar-refractivity contribution in [1.82, 2.24) is 5.01 Å². The Morgan fingerprint density at radius 3 is 2.74 bits per heavy atom. The topological polar surface area (TPSA) is 74.1 Å². The average molecular weight is 493 g/mol. The minimum absolute atomic E-state index is 0.0582. The number of benzene rings is 2. The second-order valence-electron chi connectivity index (χ2n) is 8.05. The Bertz CT molecular complexity index is 1290. The normalized spacial score (nSPS) is 19.8. The molecule has 2 amide bonds. The van der Waals surface area contributed by atoms with Gasteiger partial charge in [0, 0.05) is 18.5 Å². The van der Waals surface area contributed by atoms with Gasteiger partial charge in [0.15, 0.2) is 5.17 Å². The van der Waals surface area contributed by atoms with Crippen molar-refractivity contribution in [3.63, 3.8) is 0 Å². The molecule has 3 aromatic rings. The standard InChI is InChI=1S/C25H21FN4O2S2/c1-15-9-10-17(12-18(15)26)27-23(31)14-22-24(32)28-25(34-22)30-20(16-6-3-2-4-7-16)13-19(29-30)21-8-5-11-33-21/h2-12,20,22H,13-14H2,1H3,(H,27,31)/t20-,22-/m0/s1. The zero-order valence-electron chi connectivity index (χ0n) is 18.3. The summed E-state index contributed by atoms with van der Waals surface area (Å²) in [7, 11) is 0. The van der Waals surface area contributed by atoms with E-state index >= 15 is 0 Å². The van der Waals surface area contributed by atoms with Crippen LogP contribution in [0.25, 0.3) is 0 Å². The number of halogens is 1. The molecule has 1 aromatic heterocycles. The van der Waals surface area contributed by atoms with Gasteiger partial charge in [-0.15, -0.1) is 11.3 Å². The van der Waals surface area contributed by atoms with Crippen molar-refractivity contribution >= 4 is 51.5 Å². The van der Waals surface area contributed by atoms with Crippen LogP contribution >= 0.6 is 23.1 Å². The van der Waals surface area contributed by atoms with Crippen molar-refractivity contribution in [2.45, 2.75) is 31.1 Å². The number of nitrogens with zero attached hydrogens (tertiary/aromatic N) is 3. The van der Waals surface area contributed by atoms with Crippen molar-refractivity contribution in [2.24, 2.45) is 10.1 Å². The number of carbonyl (C=O) groups is 2. The lowest BCUT2D eigenvalue weighted by Crippen LogP contribution is -2.25. The summed E-state index contributed by atoms with van der Waals surface area (Å²) in [6, 6.07) is 18.4. The number of thiophene rings is 1. The molecule has 1 N–H and O–H groups in total. The predicted octanol–water partition coefficient (Wildman–Crippen LogP) is 5.37. The van der Waals surface area contributed by atoms with E-state index in [-0.39, 0.29) is 24.3 Å². The minimum atomic E-state index is -0.650. The molecule has 2 aliphatic rings. The number of carbonyl (C=O) groups excluding carboxylic acids is 2. The zero-order valence-corrected chi connectivity index (χ0v) is 19.9. The number of anilines is 1. The average Bonchev–Trinajstić information content (AvgIpc) is 3.57. The number of nitrogens with one attached hydrogen (secondary N) is 1. The predicted molar refractivity (Wildman–Crippen MR) is 135 cm³/mol. The minimum Gasteiger partial charge on any atom is -0.326 e. The van der Waals surface area contributed by atoms with Crippen LogP contribution in [0.5, 0.6) is 0 Å². The van der Waals surface area contributed by atoms with Crippen molar-refractivity contribution in [3.05, 3.63) is 87.9 Å². The van der Waals surface area contributed by atoms with Crippen LogP contribution in [0.1, 0.15) is 34.9 Å². The van der Waals surface area contributed by atoms with Gasteiger partial charge >= 0.3 is 0 Å². The molecule has 0 aliphatic carbocycles. The summed E-state index contributed by atoms with van der Waals surface area (Å²) in [6.45, 7) is 1.65. The van der Waals surface area contributed by atoms with Gasteiger partial charge in [0.05, 0.1) is 16.6 Å². The Morgan fingerprint density at radius 1 is 1.18 bits per heavy atom. The molecule has 2 atom stereocenters. The smallest absolute Gasteiger partial charge is 0.262 e. The van der Waals surface area contributed by atoms with Crippen LogP contribution < -0.4 is 5.32 Å². The van der Waals surface area contributed by atoms with Crippen molar-refractivity contribution < 1.29 is 14.0 Å². The molecular weight excluding hydrogens is 471 g/mol. The maximum atomic E-state index is 13.8. The number of aliphatic imine (C=N–C) groups is 1. The molecule has 0 unspecified atom stereocenters. The monoisotopic (exact) mass is 492 g/mol. The molecule has 5 rings (SSSR count). The van der Waals surface area contributed by atoms with Crippen molar-refractivity contribution in [3.8, 4) is 0 Å². The molecule has 2 aromatic carbocycles. The van der Waals surface area contributed by atoms with E-state index in [9.17, 15) is 14.0 Å². The molecule has 0 saturated heterocycles. The fraction of sp³-hybridized carbons (Fsp3) is 0.200. The lowest BCUT2D eigenvalue weighted by molar-refractivity contribution is -0.121. The highest BCUT2D eigenvalue weighted by atomic mass is 32.2. The molecule has 9 heteroatoms. The molecule has 0 radical (unpaired) electrons. The lowest BCUT2D eigenvalue weighted by Gasteiger charge is -2.23. The van der Waals surface area contributed by atoms with Crippen molar-refractivity contribution in [1.29, 1.82) is 0 Å². The Balaban J connectivity index is 1.31. The number of amidine groups is 1. The number of hydrogen-bond acceptors (Lipinski definition) is 6. The van der Waals surface area contributed by atoms with Gasteiger partial charge < -0.3 is 5.32 Å². The van der Waals surface area contributed by atoms with Gasteiger partial charge in [-0.25, -0.2) is 9.40 Å². The fourth-order valence-electron chi connectivity index (χ4n) is 3.87. The second kappa shape index (κ2) is 9.52. The zero-order chi connectivity index (χ0) is 23.7. The molecule has 0 fully saturated rings. The highest BCUT2D eigenvalue weighted by molar-refractivity contribution is 8.15. The number of rotatable bonds is 5. The molecule has 34 heavy (non-hydrogen) atoms. The van der Waals surface area contributed by atoms with E-state index in [2.05, 4.69) is 10.3 Å². The number of hydrogen-bond donors (Lipinski definition) is 1. The first-order chi connectivity index (χ1) is 16.5. The van der Waals surface area contributed by atoms with E-state index in [1.54, 1.807) is 35.4 Å². The molecule has 2 aliphatic heterocycles. The van der Waals surface area contributed by atoms with Crippen LogP contribution in [0.4, 0.5) is 10.1 Å².